The molecule has 1 aliphatic heterocycles. The van der Waals surface area contributed by atoms with Crippen LogP contribution < -0.4 is 5.32 Å². The first-order chi connectivity index (χ1) is 20.8. The number of fused-ring (bicyclic) bond motifs is 5. The number of pyridine rings is 2. The van der Waals surface area contributed by atoms with Gasteiger partial charge in [-0.3, -0.25) is 4.98 Å². The highest BCUT2D eigenvalue weighted by Gasteiger charge is 2.39. The van der Waals surface area contributed by atoms with Gasteiger partial charge in [-0.05, 0) is 30.3 Å². The molecule has 1 aliphatic rings. The molecule has 236 valence electrons. The number of hydrogen-bond acceptors (Lipinski definition) is 7. The van der Waals surface area contributed by atoms with Gasteiger partial charge in [0.1, 0.15) is 23.4 Å². The highest BCUT2D eigenvalue weighted by molar-refractivity contribution is 5.95. The van der Waals surface area contributed by atoms with Gasteiger partial charge in [0.25, 0.3) is 0 Å². The zero-order valence-electron chi connectivity index (χ0n) is 21.4. The number of aliphatic carboxylic acids is 2. The average molecular weight is 650 g/mol. The molecule has 4 N–H and O–H groups in total. The number of aromatic nitrogens is 4. The summed E-state index contributed by atoms with van der Waals surface area (Å²) in [5.74, 6) is -6.72. The second-order valence-electron chi connectivity index (χ2n) is 8.32. The van der Waals surface area contributed by atoms with E-state index >= 15 is 0 Å². The maximum absolute atomic E-state index is 15.0. The first-order valence-corrected chi connectivity index (χ1v) is 11.4. The zero-order valence-corrected chi connectivity index (χ0v) is 21.4. The van der Waals surface area contributed by atoms with Gasteiger partial charge in [0.05, 0.1) is 34.3 Å². The summed E-state index contributed by atoms with van der Waals surface area (Å²) < 4.78 is 119. The van der Waals surface area contributed by atoms with Crippen LogP contribution in [0.2, 0.25) is 0 Å². The Morgan fingerprint density at radius 1 is 0.867 bits per heavy atom. The first kappa shape index (κ1) is 33.8. The number of nitriles is 1. The van der Waals surface area contributed by atoms with E-state index in [0.717, 1.165) is 6.07 Å². The van der Waals surface area contributed by atoms with Gasteiger partial charge in [-0.2, -0.15) is 44.8 Å². The number of hydrogen-bond donors (Lipinski definition) is 4. The van der Waals surface area contributed by atoms with Crippen LogP contribution in [-0.4, -0.2) is 54.4 Å². The number of anilines is 2. The summed E-state index contributed by atoms with van der Waals surface area (Å²) in [5.41, 5.74) is -0.233. The molecular formula is C25H12F10N6O4. The molecule has 4 heterocycles. The molecular weight excluding hydrogens is 638 g/mol. The summed E-state index contributed by atoms with van der Waals surface area (Å²) in [5, 5.41) is 26.5. The van der Waals surface area contributed by atoms with E-state index in [4.69, 9.17) is 25.1 Å². The summed E-state index contributed by atoms with van der Waals surface area (Å²) in [6, 6.07) is 8.07. The van der Waals surface area contributed by atoms with E-state index in [1.165, 1.54) is 6.20 Å². The van der Waals surface area contributed by atoms with Gasteiger partial charge >= 0.3 is 30.5 Å². The summed E-state index contributed by atoms with van der Waals surface area (Å²) in [4.78, 5) is 33.3. The molecule has 45 heavy (non-hydrogen) atoms. The molecule has 4 aromatic rings. The minimum Gasteiger partial charge on any atom is -0.475 e. The Hall–Kier alpha value is -5.74. The van der Waals surface area contributed by atoms with E-state index in [0.29, 0.717) is 40.1 Å². The Balaban J connectivity index is 0.000000331. The Morgan fingerprint density at radius 3 is 2.00 bits per heavy atom. The lowest BCUT2D eigenvalue weighted by atomic mass is 10.0. The molecule has 0 amide bonds. The maximum atomic E-state index is 15.0. The first-order valence-electron chi connectivity index (χ1n) is 11.4. The fourth-order valence-corrected chi connectivity index (χ4v) is 3.55. The standard InChI is InChI=1S/C21H10F4N6.2C2HF3O2/c22-16-10(8-26)3-4-13(21(23,24)25)15(16)20-30-17-11-5-7-27-9-14(11)29-19-12(18(17)31-20)2-1-6-28-19;2*3-2(4,5)1(6)7/h1-7,9H,(H,28,29)(H,30,31);2*(H,6,7). The molecule has 0 saturated heterocycles. The maximum Gasteiger partial charge on any atom is 0.490 e. The third-order valence-corrected chi connectivity index (χ3v) is 5.40. The van der Waals surface area contributed by atoms with Gasteiger partial charge in [0.2, 0.25) is 0 Å². The van der Waals surface area contributed by atoms with Gasteiger partial charge in [-0.25, -0.2) is 23.9 Å². The van der Waals surface area contributed by atoms with E-state index < -0.39 is 53.0 Å². The fraction of sp³-hybridized carbons (Fsp3) is 0.120. The summed E-state index contributed by atoms with van der Waals surface area (Å²) >= 11 is 0. The third kappa shape index (κ3) is 7.62. The number of carboxylic acid groups (broad SMARTS) is 2. The Kier molecular flexibility index (Phi) is 9.36. The minimum absolute atomic E-state index is 0.297. The summed E-state index contributed by atoms with van der Waals surface area (Å²) in [6.07, 6.45) is -10.4. The highest BCUT2D eigenvalue weighted by Crippen LogP contribution is 2.45. The second kappa shape index (κ2) is 12.5. The Labute approximate surface area is 242 Å². The number of halogens is 10. The second-order valence-corrected chi connectivity index (χ2v) is 8.32. The molecule has 5 rings (SSSR count). The van der Waals surface area contributed by atoms with Crippen molar-refractivity contribution in [1.29, 1.82) is 5.26 Å². The van der Waals surface area contributed by atoms with E-state index in [1.54, 1.807) is 36.7 Å². The number of carboxylic acids is 2. The molecule has 3 aromatic heterocycles. The van der Waals surface area contributed by atoms with E-state index in [2.05, 4.69) is 25.3 Å². The van der Waals surface area contributed by atoms with Crippen molar-refractivity contribution in [2.75, 3.05) is 5.32 Å². The molecule has 0 saturated carbocycles. The van der Waals surface area contributed by atoms with Gasteiger partial charge < -0.3 is 20.5 Å². The fourth-order valence-electron chi connectivity index (χ4n) is 3.55. The molecule has 20 heteroatoms. The summed E-state index contributed by atoms with van der Waals surface area (Å²) in [7, 11) is 0. The van der Waals surface area contributed by atoms with Gasteiger partial charge in [-0.1, -0.05) is 0 Å². The zero-order chi connectivity index (χ0) is 33.9. The molecule has 0 unspecified atom stereocenters. The van der Waals surface area contributed by atoms with Crippen LogP contribution in [0.15, 0.2) is 48.9 Å². The lowest BCUT2D eigenvalue weighted by Gasteiger charge is -2.13. The largest absolute Gasteiger partial charge is 0.490 e. The van der Waals surface area contributed by atoms with Crippen LogP contribution in [0.1, 0.15) is 11.1 Å². The van der Waals surface area contributed by atoms with E-state index in [-0.39, 0.29) is 5.82 Å². The summed E-state index contributed by atoms with van der Waals surface area (Å²) in [6.45, 7) is 0. The molecule has 0 bridgehead atoms. The number of nitrogens with zero attached hydrogens (tertiary/aromatic N) is 4. The SMILES string of the molecule is N#Cc1ccc(C(F)(F)F)c(-c2nc3c([nH]2)-c2ccncc2Nc2ncccc2-3)c1F.O=C(O)C(F)(F)F.O=C(O)C(F)(F)F. The van der Waals surface area contributed by atoms with Crippen LogP contribution in [0.5, 0.6) is 0 Å². The number of carbonyl (C=O) groups is 2. The van der Waals surface area contributed by atoms with Crippen LogP contribution in [0.3, 0.4) is 0 Å². The van der Waals surface area contributed by atoms with Crippen LogP contribution >= 0.6 is 0 Å². The number of rotatable bonds is 1. The van der Waals surface area contributed by atoms with Crippen LogP contribution in [0, 0.1) is 17.1 Å². The molecule has 0 atom stereocenters. The van der Waals surface area contributed by atoms with Crippen LogP contribution in [-0.2, 0) is 15.8 Å². The number of benzene rings is 1. The smallest absolute Gasteiger partial charge is 0.475 e. The van der Waals surface area contributed by atoms with Crippen molar-refractivity contribution in [3.8, 4) is 40.0 Å². The molecule has 10 nitrogen and oxygen atoms in total. The molecule has 0 aliphatic carbocycles. The number of nitrogens with one attached hydrogen (secondary N) is 2. The van der Waals surface area contributed by atoms with Crippen molar-refractivity contribution in [3.63, 3.8) is 0 Å². The number of imidazole rings is 1. The monoisotopic (exact) mass is 650 g/mol. The lowest BCUT2D eigenvalue weighted by Crippen LogP contribution is -2.21. The average Bonchev–Trinajstić information content (AvgIpc) is 3.32. The lowest BCUT2D eigenvalue weighted by molar-refractivity contribution is -0.193. The third-order valence-electron chi connectivity index (χ3n) is 5.40. The van der Waals surface area contributed by atoms with Crippen LogP contribution in [0.4, 0.5) is 55.4 Å². The van der Waals surface area contributed by atoms with E-state index in [1.807, 2.05) is 0 Å². The normalized spacial score (nSPS) is 11.8. The quantitative estimate of drug-likeness (QED) is 0.147. The predicted molar refractivity (Wildman–Crippen MR) is 131 cm³/mol. The van der Waals surface area contributed by atoms with Gasteiger partial charge in [0.15, 0.2) is 5.82 Å². The topological polar surface area (TPSA) is 165 Å². The van der Waals surface area contributed by atoms with Gasteiger partial charge in [-0.15, -0.1) is 0 Å². The van der Waals surface area contributed by atoms with Crippen molar-refractivity contribution in [2.24, 2.45) is 0 Å². The number of aromatic amines is 1. The molecule has 0 spiro atoms. The minimum atomic E-state index is -5.08. The number of alkyl halides is 9. The van der Waals surface area contributed by atoms with Gasteiger partial charge in [0, 0.05) is 23.5 Å². The van der Waals surface area contributed by atoms with Crippen molar-refractivity contribution in [3.05, 3.63) is 65.9 Å². The van der Waals surface area contributed by atoms with Crippen molar-refractivity contribution < 1.29 is 63.7 Å². The Morgan fingerprint density at radius 2 is 1.47 bits per heavy atom. The van der Waals surface area contributed by atoms with Crippen LogP contribution in [0.25, 0.3) is 33.9 Å². The molecule has 0 radical (unpaired) electrons. The molecule has 1 aromatic carbocycles. The molecule has 0 fully saturated rings. The predicted octanol–water partition coefficient (Wildman–Crippen LogP) is 6.55. The Bertz CT molecular complexity index is 1710. The van der Waals surface area contributed by atoms with Crippen molar-refractivity contribution >= 4 is 23.4 Å². The van der Waals surface area contributed by atoms with Crippen molar-refractivity contribution in [2.45, 2.75) is 18.5 Å². The van der Waals surface area contributed by atoms with Crippen molar-refractivity contribution in [1.82, 2.24) is 19.9 Å². The van der Waals surface area contributed by atoms with E-state index in [9.17, 15) is 43.9 Å². The number of H-pyrrole nitrogens is 1. The highest BCUT2D eigenvalue weighted by atomic mass is 19.4.